The first-order valence-corrected chi connectivity index (χ1v) is 7.87. The summed E-state index contributed by atoms with van der Waals surface area (Å²) in [6, 6.07) is 4.95. The molecule has 0 spiro atoms. The molecule has 2 heterocycles. The van der Waals surface area contributed by atoms with E-state index in [0.29, 0.717) is 25.1 Å². The van der Waals surface area contributed by atoms with Crippen LogP contribution in [0, 0.1) is 6.92 Å². The molecule has 0 radical (unpaired) electrons. The molecule has 1 saturated heterocycles. The van der Waals surface area contributed by atoms with E-state index in [0.717, 1.165) is 20.8 Å². The van der Waals surface area contributed by atoms with Crippen LogP contribution in [0.15, 0.2) is 28.9 Å². The van der Waals surface area contributed by atoms with Crippen molar-refractivity contribution in [2.75, 3.05) is 6.54 Å². The molecule has 0 bridgehead atoms. The molecule has 0 saturated carbocycles. The Morgan fingerprint density at radius 1 is 1.36 bits per heavy atom. The number of nitrogens with zero attached hydrogens (tertiary/aromatic N) is 2. The Hall–Kier alpha value is -1.95. The predicted octanol–water partition coefficient (Wildman–Crippen LogP) is 2.99. The molecule has 5 nitrogen and oxygen atoms in total. The molecule has 3 rings (SSSR count). The van der Waals surface area contributed by atoms with Gasteiger partial charge in [0.25, 0.3) is 5.91 Å². The van der Waals surface area contributed by atoms with E-state index in [4.69, 9.17) is 0 Å². The Kier molecular flexibility index (Phi) is 3.87. The summed E-state index contributed by atoms with van der Waals surface area (Å²) in [6.07, 6.45) is 2.79. The molecule has 1 fully saturated rings. The Morgan fingerprint density at radius 2 is 2.14 bits per heavy atom. The third-order valence-corrected chi connectivity index (χ3v) is 4.78. The number of carbonyl (C=O) groups is 2. The highest BCUT2D eigenvalue weighted by molar-refractivity contribution is 9.10. The SMILES string of the molecule is Cc1ccc(Br)c2ccnc(C(=O)N3CCCC3C(=O)O)c12. The standard InChI is InChI=1S/C16H15BrN2O3/c1-9-4-5-11(17)10-6-7-18-14(13(9)10)15(20)19-8-2-3-12(19)16(21)22/h4-7,12H,2-3,8H2,1H3,(H,21,22). The molecule has 114 valence electrons. The lowest BCUT2D eigenvalue weighted by molar-refractivity contribution is -0.141. The highest BCUT2D eigenvalue weighted by Crippen LogP contribution is 2.30. The van der Waals surface area contributed by atoms with E-state index >= 15 is 0 Å². The fourth-order valence-corrected chi connectivity index (χ4v) is 3.46. The maximum Gasteiger partial charge on any atom is 0.326 e. The van der Waals surface area contributed by atoms with Gasteiger partial charge in [0.2, 0.25) is 0 Å². The maximum atomic E-state index is 12.8. The van der Waals surface area contributed by atoms with E-state index in [1.165, 1.54) is 4.90 Å². The van der Waals surface area contributed by atoms with Gasteiger partial charge in [0, 0.05) is 28.0 Å². The van der Waals surface area contributed by atoms with Gasteiger partial charge in [-0.05, 0) is 37.5 Å². The second-order valence-corrected chi connectivity index (χ2v) is 6.30. The second kappa shape index (κ2) is 5.68. The topological polar surface area (TPSA) is 70.5 Å². The summed E-state index contributed by atoms with van der Waals surface area (Å²) in [5, 5.41) is 11.0. The normalized spacial score (nSPS) is 17.9. The van der Waals surface area contributed by atoms with E-state index in [9.17, 15) is 14.7 Å². The van der Waals surface area contributed by atoms with E-state index in [1.54, 1.807) is 6.20 Å². The van der Waals surface area contributed by atoms with E-state index in [-0.39, 0.29) is 5.91 Å². The Labute approximate surface area is 136 Å². The fraction of sp³-hybridized carbons (Fsp3) is 0.312. The van der Waals surface area contributed by atoms with Gasteiger partial charge in [0.05, 0.1) is 0 Å². The number of carboxylic acid groups (broad SMARTS) is 1. The van der Waals surface area contributed by atoms with Crippen molar-refractivity contribution in [2.24, 2.45) is 0 Å². The number of pyridine rings is 1. The molecule has 22 heavy (non-hydrogen) atoms. The third-order valence-electron chi connectivity index (χ3n) is 4.08. The second-order valence-electron chi connectivity index (χ2n) is 5.44. The van der Waals surface area contributed by atoms with E-state index in [1.807, 2.05) is 25.1 Å². The summed E-state index contributed by atoms with van der Waals surface area (Å²) in [6.45, 7) is 2.38. The smallest absolute Gasteiger partial charge is 0.326 e. The van der Waals surface area contributed by atoms with Crippen LogP contribution < -0.4 is 0 Å². The number of likely N-dealkylation sites (tertiary alicyclic amines) is 1. The van der Waals surface area contributed by atoms with E-state index in [2.05, 4.69) is 20.9 Å². The number of aromatic nitrogens is 1. The molecule has 0 aliphatic carbocycles. The zero-order valence-electron chi connectivity index (χ0n) is 12.0. The highest BCUT2D eigenvalue weighted by atomic mass is 79.9. The zero-order chi connectivity index (χ0) is 15.9. The van der Waals surface area contributed by atoms with Crippen LogP contribution in [0.1, 0.15) is 28.9 Å². The van der Waals surface area contributed by atoms with Gasteiger partial charge in [-0.25, -0.2) is 4.79 Å². The molecule has 1 aliphatic heterocycles. The molecule has 1 atom stereocenters. The molecule has 1 aliphatic rings. The molecule has 1 aromatic heterocycles. The largest absolute Gasteiger partial charge is 0.480 e. The van der Waals surface area contributed by atoms with Crippen molar-refractivity contribution in [1.82, 2.24) is 9.88 Å². The van der Waals surface area contributed by atoms with Gasteiger partial charge in [0.1, 0.15) is 11.7 Å². The van der Waals surface area contributed by atoms with Crippen LogP contribution >= 0.6 is 15.9 Å². The first-order valence-electron chi connectivity index (χ1n) is 7.08. The number of carbonyl (C=O) groups excluding carboxylic acids is 1. The van der Waals surface area contributed by atoms with Gasteiger partial charge < -0.3 is 10.0 Å². The van der Waals surface area contributed by atoms with Crippen molar-refractivity contribution in [2.45, 2.75) is 25.8 Å². The number of benzene rings is 1. The Morgan fingerprint density at radius 3 is 2.86 bits per heavy atom. The fourth-order valence-electron chi connectivity index (χ4n) is 3.00. The van der Waals surface area contributed by atoms with Gasteiger partial charge in [-0.1, -0.05) is 22.0 Å². The summed E-state index contributed by atoms with van der Waals surface area (Å²) in [5.41, 5.74) is 1.27. The summed E-state index contributed by atoms with van der Waals surface area (Å²) >= 11 is 3.49. The van der Waals surface area contributed by atoms with Crippen LogP contribution in [0.2, 0.25) is 0 Å². The van der Waals surface area contributed by atoms with Crippen molar-refractivity contribution < 1.29 is 14.7 Å². The summed E-state index contributed by atoms with van der Waals surface area (Å²) in [5.74, 6) is -1.26. The van der Waals surface area contributed by atoms with Gasteiger partial charge in [-0.15, -0.1) is 0 Å². The van der Waals surface area contributed by atoms with Crippen LogP contribution in [-0.2, 0) is 4.79 Å². The lowest BCUT2D eigenvalue weighted by Gasteiger charge is -2.22. The van der Waals surface area contributed by atoms with Crippen molar-refractivity contribution >= 4 is 38.6 Å². The van der Waals surface area contributed by atoms with Gasteiger partial charge >= 0.3 is 5.97 Å². The van der Waals surface area contributed by atoms with Gasteiger partial charge in [-0.2, -0.15) is 0 Å². The van der Waals surface area contributed by atoms with Crippen LogP contribution in [0.3, 0.4) is 0 Å². The van der Waals surface area contributed by atoms with E-state index < -0.39 is 12.0 Å². The van der Waals surface area contributed by atoms with Gasteiger partial charge in [0.15, 0.2) is 0 Å². The number of halogens is 1. The molecule has 1 unspecified atom stereocenters. The van der Waals surface area contributed by atoms with Crippen LogP contribution in [0.4, 0.5) is 0 Å². The molecular formula is C16H15BrN2O3. The highest BCUT2D eigenvalue weighted by Gasteiger charge is 2.35. The van der Waals surface area contributed by atoms with Crippen LogP contribution in [0.25, 0.3) is 10.8 Å². The average Bonchev–Trinajstić information content (AvgIpc) is 2.99. The van der Waals surface area contributed by atoms with Crippen molar-refractivity contribution in [3.05, 3.63) is 40.1 Å². The minimum Gasteiger partial charge on any atom is -0.480 e. The number of fused-ring (bicyclic) bond motifs is 1. The quantitative estimate of drug-likeness (QED) is 0.891. The Balaban J connectivity index is 2.12. The summed E-state index contributed by atoms with van der Waals surface area (Å²) in [7, 11) is 0. The summed E-state index contributed by atoms with van der Waals surface area (Å²) in [4.78, 5) is 29.8. The number of aryl methyl sites for hydroxylation is 1. The number of carboxylic acids is 1. The average molecular weight is 363 g/mol. The van der Waals surface area contributed by atoms with Crippen LogP contribution in [0.5, 0.6) is 0 Å². The molecule has 1 aromatic carbocycles. The number of hydrogen-bond donors (Lipinski definition) is 1. The first-order chi connectivity index (χ1) is 10.5. The van der Waals surface area contributed by atoms with Crippen molar-refractivity contribution in [3.63, 3.8) is 0 Å². The predicted molar refractivity (Wildman–Crippen MR) is 85.9 cm³/mol. The van der Waals surface area contributed by atoms with Crippen LogP contribution in [-0.4, -0.2) is 39.5 Å². The maximum absolute atomic E-state index is 12.8. The van der Waals surface area contributed by atoms with Crippen molar-refractivity contribution in [1.29, 1.82) is 0 Å². The zero-order valence-corrected chi connectivity index (χ0v) is 13.6. The number of amides is 1. The monoisotopic (exact) mass is 362 g/mol. The number of aliphatic carboxylic acids is 1. The number of hydrogen-bond acceptors (Lipinski definition) is 3. The lowest BCUT2D eigenvalue weighted by atomic mass is 10.0. The minimum atomic E-state index is -0.955. The third kappa shape index (κ3) is 2.37. The summed E-state index contributed by atoms with van der Waals surface area (Å²) < 4.78 is 0.890. The molecule has 6 heteroatoms. The Bertz CT molecular complexity index is 775. The molecule has 2 aromatic rings. The molecular weight excluding hydrogens is 348 g/mol. The minimum absolute atomic E-state index is 0.309. The van der Waals surface area contributed by atoms with Crippen molar-refractivity contribution in [3.8, 4) is 0 Å². The lowest BCUT2D eigenvalue weighted by Crippen LogP contribution is -2.40. The first kappa shape index (κ1) is 15.0. The molecule has 1 amide bonds. The number of rotatable bonds is 2. The molecule has 1 N–H and O–H groups in total. The van der Waals surface area contributed by atoms with Gasteiger partial charge in [-0.3, -0.25) is 9.78 Å².